The third-order valence-electron chi connectivity index (χ3n) is 3.04. The van der Waals surface area contributed by atoms with Gasteiger partial charge >= 0.3 is 0 Å². The Morgan fingerprint density at radius 1 is 1.38 bits per heavy atom. The Labute approximate surface area is 133 Å². The number of carbonyl (C=O) groups is 1. The van der Waals surface area contributed by atoms with Crippen molar-refractivity contribution >= 4 is 40.2 Å². The fourth-order valence-electron chi connectivity index (χ4n) is 2.07. The summed E-state index contributed by atoms with van der Waals surface area (Å²) in [6.45, 7) is 3.16. The highest BCUT2D eigenvalue weighted by Crippen LogP contribution is 2.27. The van der Waals surface area contributed by atoms with E-state index in [0.29, 0.717) is 24.3 Å². The number of nitrogens with zero attached hydrogens (tertiary/aromatic N) is 1. The van der Waals surface area contributed by atoms with Crippen LogP contribution in [0, 0.1) is 0 Å². The summed E-state index contributed by atoms with van der Waals surface area (Å²) in [5, 5.41) is 2.82. The van der Waals surface area contributed by atoms with E-state index in [0.717, 1.165) is 14.9 Å². The Bertz CT molecular complexity index is 642. The number of rotatable bonds is 5. The zero-order valence-electron chi connectivity index (χ0n) is 12.0. The summed E-state index contributed by atoms with van der Waals surface area (Å²) in [6.07, 6.45) is 0. The Kier molecular flexibility index (Phi) is 5.09. The molecule has 0 saturated heterocycles. The van der Waals surface area contributed by atoms with Crippen LogP contribution < -0.4 is 16.0 Å². The molecule has 112 valence electrons. The molecule has 0 aliphatic carbocycles. The predicted molar refractivity (Wildman–Crippen MR) is 90.3 cm³/mol. The first kappa shape index (κ1) is 15.7. The molecular formula is C15H18ClN3OS. The van der Waals surface area contributed by atoms with Gasteiger partial charge in [-0.2, -0.15) is 0 Å². The van der Waals surface area contributed by atoms with Crippen LogP contribution in [-0.4, -0.2) is 19.5 Å². The van der Waals surface area contributed by atoms with Crippen LogP contribution in [0.25, 0.3) is 0 Å². The molecule has 6 heteroatoms. The number of halogens is 1. The van der Waals surface area contributed by atoms with Crippen molar-refractivity contribution in [3.63, 3.8) is 0 Å². The number of thiophene rings is 1. The molecule has 1 aromatic heterocycles. The van der Waals surface area contributed by atoms with Crippen molar-refractivity contribution in [1.29, 1.82) is 0 Å². The van der Waals surface area contributed by atoms with Crippen molar-refractivity contribution in [2.24, 2.45) is 0 Å². The highest BCUT2D eigenvalue weighted by atomic mass is 35.5. The molecule has 0 atom stereocenters. The van der Waals surface area contributed by atoms with Gasteiger partial charge in [-0.1, -0.05) is 11.6 Å². The van der Waals surface area contributed by atoms with Crippen LogP contribution in [0.15, 0.2) is 30.3 Å². The van der Waals surface area contributed by atoms with Gasteiger partial charge in [0, 0.05) is 24.2 Å². The Morgan fingerprint density at radius 2 is 2.14 bits per heavy atom. The lowest BCUT2D eigenvalue weighted by atomic mass is 10.1. The number of hydrogen-bond donors (Lipinski definition) is 2. The molecule has 21 heavy (non-hydrogen) atoms. The van der Waals surface area contributed by atoms with Crippen LogP contribution in [-0.2, 0) is 6.54 Å². The molecule has 1 aromatic carbocycles. The number of hydrogen-bond acceptors (Lipinski definition) is 4. The van der Waals surface area contributed by atoms with Gasteiger partial charge in [0.2, 0.25) is 0 Å². The second-order valence-corrected chi connectivity index (χ2v) is 6.50. The summed E-state index contributed by atoms with van der Waals surface area (Å²) in [7, 11) is 1.94. The minimum Gasteiger partial charge on any atom is -0.399 e. The molecule has 0 bridgehead atoms. The van der Waals surface area contributed by atoms with Gasteiger partial charge in [0.25, 0.3) is 5.91 Å². The molecule has 2 aromatic rings. The fraction of sp³-hybridized carbons (Fsp3) is 0.267. The van der Waals surface area contributed by atoms with Gasteiger partial charge in [-0.05, 0) is 37.3 Å². The maximum atomic E-state index is 12.1. The lowest BCUT2D eigenvalue weighted by Gasteiger charge is -2.22. The van der Waals surface area contributed by atoms with E-state index in [1.165, 1.54) is 11.3 Å². The normalized spacial score (nSPS) is 10.4. The molecule has 2 rings (SSSR count). The number of carbonyl (C=O) groups excluding carboxylic acids is 1. The summed E-state index contributed by atoms with van der Waals surface area (Å²) in [6, 6.07) is 9.18. The zero-order chi connectivity index (χ0) is 15.4. The van der Waals surface area contributed by atoms with E-state index in [1.54, 1.807) is 12.1 Å². The van der Waals surface area contributed by atoms with Crippen LogP contribution in [0.4, 0.5) is 11.4 Å². The molecule has 0 aliphatic heterocycles. The van der Waals surface area contributed by atoms with Crippen molar-refractivity contribution in [3.8, 4) is 0 Å². The Hall–Kier alpha value is -1.72. The van der Waals surface area contributed by atoms with Gasteiger partial charge in [-0.3, -0.25) is 4.79 Å². The molecule has 0 spiro atoms. The molecule has 4 nitrogen and oxygen atoms in total. The van der Waals surface area contributed by atoms with E-state index in [2.05, 4.69) is 5.32 Å². The fourth-order valence-corrected chi connectivity index (χ4v) is 3.21. The second kappa shape index (κ2) is 6.83. The minimum absolute atomic E-state index is 0.0939. The maximum Gasteiger partial charge on any atom is 0.253 e. The van der Waals surface area contributed by atoms with E-state index in [4.69, 9.17) is 17.3 Å². The highest BCUT2D eigenvalue weighted by molar-refractivity contribution is 7.16. The van der Waals surface area contributed by atoms with Gasteiger partial charge < -0.3 is 16.0 Å². The SMILES string of the molecule is CCNC(=O)c1ccc(N)cc1N(C)Cc1ccc(Cl)s1. The maximum absolute atomic E-state index is 12.1. The van der Waals surface area contributed by atoms with Crippen LogP contribution in [0.2, 0.25) is 4.34 Å². The van der Waals surface area contributed by atoms with E-state index >= 15 is 0 Å². The molecule has 0 aliphatic rings. The van der Waals surface area contributed by atoms with Gasteiger partial charge in [-0.25, -0.2) is 0 Å². The summed E-state index contributed by atoms with van der Waals surface area (Å²) in [5.41, 5.74) is 7.93. The standard InChI is InChI=1S/C15H18ClN3OS/c1-3-18-15(20)12-6-4-10(17)8-13(12)19(2)9-11-5-7-14(16)21-11/h4-8H,3,9,17H2,1-2H3,(H,18,20). The topological polar surface area (TPSA) is 58.4 Å². The number of amides is 1. The third-order valence-corrected chi connectivity index (χ3v) is 4.25. The van der Waals surface area contributed by atoms with Gasteiger partial charge in [0.15, 0.2) is 0 Å². The lowest BCUT2D eigenvalue weighted by Crippen LogP contribution is -2.26. The molecule has 1 heterocycles. The van der Waals surface area contributed by atoms with E-state index in [9.17, 15) is 4.79 Å². The van der Waals surface area contributed by atoms with Gasteiger partial charge in [-0.15, -0.1) is 11.3 Å². The van der Waals surface area contributed by atoms with E-state index in [1.807, 2.05) is 37.1 Å². The monoisotopic (exact) mass is 323 g/mol. The average Bonchev–Trinajstić information content (AvgIpc) is 2.84. The van der Waals surface area contributed by atoms with Crippen molar-refractivity contribution in [2.45, 2.75) is 13.5 Å². The number of anilines is 2. The van der Waals surface area contributed by atoms with Crippen molar-refractivity contribution in [3.05, 3.63) is 45.1 Å². The van der Waals surface area contributed by atoms with Crippen molar-refractivity contribution in [1.82, 2.24) is 5.32 Å². The van der Waals surface area contributed by atoms with Gasteiger partial charge in [0.05, 0.1) is 22.1 Å². The lowest BCUT2D eigenvalue weighted by molar-refractivity contribution is 0.0956. The number of nitrogens with one attached hydrogen (secondary N) is 1. The van der Waals surface area contributed by atoms with E-state index < -0.39 is 0 Å². The van der Waals surface area contributed by atoms with Crippen LogP contribution in [0.1, 0.15) is 22.2 Å². The molecule has 0 fully saturated rings. The summed E-state index contributed by atoms with van der Waals surface area (Å²) in [5.74, 6) is -0.0939. The molecule has 0 saturated carbocycles. The first-order valence-corrected chi connectivity index (χ1v) is 7.83. The number of nitrogens with two attached hydrogens (primary N) is 1. The molecule has 0 unspecified atom stereocenters. The Morgan fingerprint density at radius 3 is 2.76 bits per heavy atom. The van der Waals surface area contributed by atoms with Crippen molar-refractivity contribution < 1.29 is 4.79 Å². The van der Waals surface area contributed by atoms with Crippen molar-refractivity contribution in [2.75, 3.05) is 24.2 Å². The van der Waals surface area contributed by atoms with Gasteiger partial charge in [0.1, 0.15) is 0 Å². The van der Waals surface area contributed by atoms with Crippen LogP contribution in [0.5, 0.6) is 0 Å². The average molecular weight is 324 g/mol. The minimum atomic E-state index is -0.0939. The smallest absolute Gasteiger partial charge is 0.253 e. The molecule has 1 amide bonds. The number of benzene rings is 1. The summed E-state index contributed by atoms with van der Waals surface area (Å²) < 4.78 is 0.759. The molecule has 3 N–H and O–H groups in total. The molecule has 0 radical (unpaired) electrons. The first-order valence-electron chi connectivity index (χ1n) is 6.64. The largest absolute Gasteiger partial charge is 0.399 e. The van der Waals surface area contributed by atoms with Crippen LogP contribution >= 0.6 is 22.9 Å². The first-order chi connectivity index (χ1) is 10.0. The summed E-state index contributed by atoms with van der Waals surface area (Å²) in [4.78, 5) is 15.3. The molecular weight excluding hydrogens is 306 g/mol. The van der Waals surface area contributed by atoms with Crippen LogP contribution in [0.3, 0.4) is 0 Å². The quantitative estimate of drug-likeness (QED) is 0.829. The highest BCUT2D eigenvalue weighted by Gasteiger charge is 2.15. The predicted octanol–water partition coefficient (Wildman–Crippen LogP) is 3.37. The zero-order valence-corrected chi connectivity index (χ0v) is 13.6. The second-order valence-electron chi connectivity index (χ2n) is 4.70. The Balaban J connectivity index is 2.28. The third kappa shape index (κ3) is 3.89. The van der Waals surface area contributed by atoms with E-state index in [-0.39, 0.29) is 5.91 Å². The number of nitrogen functional groups attached to an aromatic ring is 1. The summed E-state index contributed by atoms with van der Waals surface area (Å²) >= 11 is 7.49.